The molecule has 0 heterocycles. The number of benzene rings is 2. The number of carbonyl (C=O) groups is 1. The van der Waals surface area contributed by atoms with Crippen LogP contribution in [-0.4, -0.2) is 39.4 Å². The van der Waals surface area contributed by atoms with E-state index >= 15 is 0 Å². The summed E-state index contributed by atoms with van der Waals surface area (Å²) in [6.45, 7) is 1.02. The Morgan fingerprint density at radius 2 is 1.79 bits per heavy atom. The molecule has 28 heavy (non-hydrogen) atoms. The van der Waals surface area contributed by atoms with Crippen molar-refractivity contribution in [2.75, 3.05) is 38.9 Å². The first-order valence-corrected chi connectivity index (χ1v) is 9.20. The first kappa shape index (κ1) is 22.4. The molecule has 0 bridgehead atoms. The van der Waals surface area contributed by atoms with Gasteiger partial charge in [-0.15, -0.1) is 0 Å². The minimum atomic E-state index is -1.31. The summed E-state index contributed by atoms with van der Waals surface area (Å²) >= 11 is 1.91. The molecule has 10 heteroatoms. The predicted molar refractivity (Wildman–Crippen MR) is 105 cm³/mol. The van der Waals surface area contributed by atoms with Crippen molar-refractivity contribution in [3.63, 3.8) is 0 Å². The highest BCUT2D eigenvalue weighted by molar-refractivity contribution is 14.1. The van der Waals surface area contributed by atoms with E-state index < -0.39 is 29.0 Å². The summed E-state index contributed by atoms with van der Waals surface area (Å²) in [4.78, 5) is 17.2. The Labute approximate surface area is 173 Å². The minimum absolute atomic E-state index is 0.0354. The van der Waals surface area contributed by atoms with Crippen molar-refractivity contribution in [1.82, 2.24) is 5.48 Å². The molecule has 0 saturated heterocycles. The van der Waals surface area contributed by atoms with E-state index in [2.05, 4.69) is 10.8 Å². The fourth-order valence-electron chi connectivity index (χ4n) is 2.10. The summed E-state index contributed by atoms with van der Waals surface area (Å²) in [6, 6.07) is 6.02. The third kappa shape index (κ3) is 6.33. The van der Waals surface area contributed by atoms with E-state index in [0.29, 0.717) is 16.8 Å². The maximum atomic E-state index is 14.3. The number of carbonyl (C=O) groups excluding carboxylic acids is 1. The van der Waals surface area contributed by atoms with Gasteiger partial charge < -0.3 is 14.8 Å². The number of rotatable bonds is 10. The zero-order valence-corrected chi connectivity index (χ0v) is 17.0. The lowest BCUT2D eigenvalue weighted by molar-refractivity contribution is -0.00936. The number of methoxy groups -OCH3 is 1. The number of amides is 1. The number of ether oxygens (including phenoxy) is 2. The van der Waals surface area contributed by atoms with Crippen molar-refractivity contribution >= 4 is 39.9 Å². The van der Waals surface area contributed by atoms with E-state index in [4.69, 9.17) is 14.3 Å². The van der Waals surface area contributed by atoms with Crippen molar-refractivity contribution in [3.8, 4) is 0 Å². The van der Waals surface area contributed by atoms with E-state index in [1.54, 1.807) is 6.07 Å². The summed E-state index contributed by atoms with van der Waals surface area (Å²) in [5.74, 6) is -4.00. The highest BCUT2D eigenvalue weighted by atomic mass is 127. The highest BCUT2D eigenvalue weighted by Crippen LogP contribution is 2.28. The Morgan fingerprint density at radius 3 is 2.50 bits per heavy atom. The molecule has 0 atom stereocenters. The molecular weight excluding hydrogens is 492 g/mol. The molecule has 0 unspecified atom stereocenters. The Kier molecular flexibility index (Phi) is 8.96. The summed E-state index contributed by atoms with van der Waals surface area (Å²) in [5, 5.41) is 2.43. The molecule has 0 aliphatic heterocycles. The molecule has 2 N–H and O–H groups in total. The quantitative estimate of drug-likeness (QED) is 0.290. The normalized spacial score (nSPS) is 10.8. The van der Waals surface area contributed by atoms with Gasteiger partial charge in [0, 0.05) is 10.7 Å². The molecule has 152 valence electrons. The third-order valence-corrected chi connectivity index (χ3v) is 4.13. The molecule has 0 saturated carbocycles. The van der Waals surface area contributed by atoms with Gasteiger partial charge in [0.25, 0.3) is 5.91 Å². The van der Waals surface area contributed by atoms with Gasteiger partial charge in [-0.05, 0) is 52.9 Å². The zero-order valence-electron chi connectivity index (χ0n) is 14.9. The van der Waals surface area contributed by atoms with Crippen LogP contribution in [0.1, 0.15) is 10.4 Å². The first-order valence-electron chi connectivity index (χ1n) is 8.13. The van der Waals surface area contributed by atoms with E-state index in [-0.39, 0.29) is 24.5 Å². The summed E-state index contributed by atoms with van der Waals surface area (Å²) in [5.41, 5.74) is 1.25. The van der Waals surface area contributed by atoms with Crippen LogP contribution < -0.4 is 10.8 Å². The molecule has 0 radical (unpaired) electrons. The second-order valence-electron chi connectivity index (χ2n) is 5.42. The molecule has 0 spiro atoms. The third-order valence-electron chi connectivity index (χ3n) is 3.46. The lowest BCUT2D eigenvalue weighted by Crippen LogP contribution is -2.27. The first-order chi connectivity index (χ1) is 13.4. The molecular formula is C18H18F3IN2O4. The topological polar surface area (TPSA) is 68.8 Å². The van der Waals surface area contributed by atoms with Crippen molar-refractivity contribution in [3.05, 3.63) is 56.9 Å². The van der Waals surface area contributed by atoms with E-state index in [1.165, 1.54) is 19.2 Å². The maximum Gasteiger partial charge on any atom is 0.277 e. The van der Waals surface area contributed by atoms with Crippen molar-refractivity contribution in [2.24, 2.45) is 0 Å². The van der Waals surface area contributed by atoms with Crippen LogP contribution in [-0.2, 0) is 14.3 Å². The molecule has 0 aromatic heterocycles. The van der Waals surface area contributed by atoms with E-state index in [1.807, 2.05) is 22.6 Å². The zero-order chi connectivity index (χ0) is 20.5. The maximum absolute atomic E-state index is 14.3. The fourth-order valence-corrected chi connectivity index (χ4v) is 2.56. The van der Waals surface area contributed by atoms with Gasteiger partial charge in [-0.2, -0.15) is 0 Å². The van der Waals surface area contributed by atoms with Gasteiger partial charge in [-0.25, -0.2) is 18.7 Å². The predicted octanol–water partition coefficient (Wildman–Crippen LogP) is 3.78. The van der Waals surface area contributed by atoms with Crippen molar-refractivity contribution in [1.29, 1.82) is 0 Å². The van der Waals surface area contributed by atoms with Gasteiger partial charge in [0.2, 0.25) is 0 Å². The Balaban J connectivity index is 2.07. The van der Waals surface area contributed by atoms with Crippen LogP contribution >= 0.6 is 22.6 Å². The SMILES string of the molecule is COCCOCCONC(=O)c1ccc(F)c(F)c1Nc1ccc(I)cc1F. The van der Waals surface area contributed by atoms with Crippen LogP contribution in [0, 0.1) is 21.0 Å². The Morgan fingerprint density at radius 1 is 1.04 bits per heavy atom. The van der Waals surface area contributed by atoms with Crippen molar-refractivity contribution < 1.29 is 32.3 Å². The second kappa shape index (κ2) is 11.2. The van der Waals surface area contributed by atoms with Gasteiger partial charge in [-0.1, -0.05) is 0 Å². The summed E-state index contributed by atoms with van der Waals surface area (Å²) < 4.78 is 52.5. The smallest absolute Gasteiger partial charge is 0.277 e. The average Bonchev–Trinajstić information content (AvgIpc) is 2.66. The van der Waals surface area contributed by atoms with Crippen LogP contribution in [0.4, 0.5) is 24.5 Å². The van der Waals surface area contributed by atoms with Crippen LogP contribution in [0.25, 0.3) is 0 Å². The molecule has 6 nitrogen and oxygen atoms in total. The standard InChI is InChI=1S/C18H18F3IN2O4/c1-26-6-7-27-8-9-28-24-18(25)12-3-4-13(19)16(21)17(12)23-15-5-2-11(22)10-14(15)20/h2-5,10,23H,6-9H2,1H3,(H,24,25). The van der Waals surface area contributed by atoms with Crippen LogP contribution in [0.15, 0.2) is 30.3 Å². The second-order valence-corrected chi connectivity index (χ2v) is 6.66. The monoisotopic (exact) mass is 510 g/mol. The van der Waals surface area contributed by atoms with Gasteiger partial charge in [-0.3, -0.25) is 9.63 Å². The fraction of sp³-hybridized carbons (Fsp3) is 0.278. The van der Waals surface area contributed by atoms with Crippen LogP contribution in [0.2, 0.25) is 0 Å². The Bertz CT molecular complexity index is 824. The number of nitrogens with one attached hydrogen (secondary N) is 2. The van der Waals surface area contributed by atoms with Crippen LogP contribution in [0.5, 0.6) is 0 Å². The van der Waals surface area contributed by atoms with Crippen LogP contribution in [0.3, 0.4) is 0 Å². The number of anilines is 2. The molecule has 2 aromatic rings. The lowest BCUT2D eigenvalue weighted by Gasteiger charge is -2.14. The van der Waals surface area contributed by atoms with Gasteiger partial charge >= 0.3 is 0 Å². The number of hydrogen-bond acceptors (Lipinski definition) is 5. The summed E-state index contributed by atoms with van der Waals surface area (Å²) in [6.07, 6.45) is 0. The molecule has 0 aliphatic carbocycles. The van der Waals surface area contributed by atoms with Gasteiger partial charge in [0.15, 0.2) is 11.6 Å². The highest BCUT2D eigenvalue weighted by Gasteiger charge is 2.20. The molecule has 1 amide bonds. The van der Waals surface area contributed by atoms with E-state index in [9.17, 15) is 18.0 Å². The largest absolute Gasteiger partial charge is 0.382 e. The van der Waals surface area contributed by atoms with Gasteiger partial charge in [0.05, 0.1) is 43.4 Å². The molecule has 0 fully saturated rings. The van der Waals surface area contributed by atoms with Gasteiger partial charge in [0.1, 0.15) is 5.82 Å². The Hall–Kier alpha value is -1.89. The van der Waals surface area contributed by atoms with Crippen molar-refractivity contribution in [2.45, 2.75) is 0 Å². The molecule has 2 aromatic carbocycles. The number of hydrogen-bond donors (Lipinski definition) is 2. The van der Waals surface area contributed by atoms with E-state index in [0.717, 1.165) is 12.1 Å². The molecule has 0 aliphatic rings. The molecule has 2 rings (SSSR count). The minimum Gasteiger partial charge on any atom is -0.382 e. The average molecular weight is 510 g/mol. The number of halogens is 4. The number of hydroxylamine groups is 1. The summed E-state index contributed by atoms with van der Waals surface area (Å²) in [7, 11) is 1.54. The lowest BCUT2D eigenvalue weighted by atomic mass is 10.1.